The maximum atomic E-state index is 11.9. The van der Waals surface area contributed by atoms with Gasteiger partial charge in [-0.15, -0.1) is 0 Å². The van der Waals surface area contributed by atoms with Gasteiger partial charge in [0.2, 0.25) is 12.7 Å². The van der Waals surface area contributed by atoms with Crippen molar-refractivity contribution in [2.45, 2.75) is 38.3 Å². The molecule has 2 aliphatic rings. The molecule has 1 fully saturated rings. The molecule has 3 N–H and O–H groups in total. The molecule has 0 aromatic heterocycles. The summed E-state index contributed by atoms with van der Waals surface area (Å²) in [5.74, 6) is 1.10. The maximum absolute atomic E-state index is 11.9. The second-order valence-corrected chi connectivity index (χ2v) is 5.94. The van der Waals surface area contributed by atoms with Crippen molar-refractivity contribution in [3.8, 4) is 11.5 Å². The standard InChI is InChI=1S/C16H21N3O4/c17-16(21)18-15(20)9-19(12-3-1-2-4-12)8-11-5-6-13-14(7-11)23-10-22-13/h5-7,12H,1-4,8-10H2,(H3,17,18,20,21). The molecule has 0 radical (unpaired) electrons. The van der Waals surface area contributed by atoms with Crippen LogP contribution < -0.4 is 20.5 Å². The van der Waals surface area contributed by atoms with Crippen LogP contribution in [0.3, 0.4) is 0 Å². The average molecular weight is 319 g/mol. The molecule has 7 heteroatoms. The number of carbonyl (C=O) groups is 2. The van der Waals surface area contributed by atoms with E-state index in [1.807, 2.05) is 18.2 Å². The number of benzene rings is 1. The minimum Gasteiger partial charge on any atom is -0.454 e. The molecular weight excluding hydrogens is 298 g/mol. The van der Waals surface area contributed by atoms with E-state index in [2.05, 4.69) is 10.2 Å². The van der Waals surface area contributed by atoms with Crippen LogP contribution in [-0.2, 0) is 11.3 Å². The molecule has 23 heavy (non-hydrogen) atoms. The van der Waals surface area contributed by atoms with Crippen LogP contribution in [0.25, 0.3) is 0 Å². The van der Waals surface area contributed by atoms with Crippen LogP contribution in [0.15, 0.2) is 18.2 Å². The van der Waals surface area contributed by atoms with E-state index >= 15 is 0 Å². The second kappa shape index (κ2) is 6.87. The summed E-state index contributed by atoms with van der Waals surface area (Å²) in [7, 11) is 0. The Morgan fingerprint density at radius 1 is 1.22 bits per heavy atom. The molecule has 1 aliphatic carbocycles. The Morgan fingerprint density at radius 3 is 2.70 bits per heavy atom. The second-order valence-electron chi connectivity index (χ2n) is 5.94. The third-order valence-corrected chi connectivity index (χ3v) is 4.27. The van der Waals surface area contributed by atoms with Crippen molar-refractivity contribution in [3.05, 3.63) is 23.8 Å². The molecule has 3 amide bonds. The van der Waals surface area contributed by atoms with Gasteiger partial charge >= 0.3 is 6.03 Å². The topological polar surface area (TPSA) is 93.9 Å². The number of imide groups is 1. The molecule has 0 spiro atoms. The first-order valence-electron chi connectivity index (χ1n) is 7.83. The number of carbonyl (C=O) groups excluding carboxylic acids is 2. The van der Waals surface area contributed by atoms with Gasteiger partial charge in [-0.3, -0.25) is 15.0 Å². The molecule has 1 aromatic rings. The normalized spacial score (nSPS) is 16.7. The predicted octanol–water partition coefficient (Wildman–Crippen LogP) is 1.35. The van der Waals surface area contributed by atoms with E-state index in [0.717, 1.165) is 29.9 Å². The summed E-state index contributed by atoms with van der Waals surface area (Å²) in [5.41, 5.74) is 6.07. The molecule has 1 aliphatic heterocycles. The number of amides is 3. The number of ether oxygens (including phenoxy) is 2. The molecule has 1 heterocycles. The largest absolute Gasteiger partial charge is 0.454 e. The Hall–Kier alpha value is -2.28. The van der Waals surface area contributed by atoms with Gasteiger partial charge in [-0.25, -0.2) is 4.79 Å². The van der Waals surface area contributed by atoms with Crippen molar-refractivity contribution < 1.29 is 19.1 Å². The zero-order valence-corrected chi connectivity index (χ0v) is 12.9. The quantitative estimate of drug-likeness (QED) is 0.854. The van der Waals surface area contributed by atoms with Gasteiger partial charge in [0.25, 0.3) is 0 Å². The van der Waals surface area contributed by atoms with Crippen molar-refractivity contribution in [1.82, 2.24) is 10.2 Å². The third-order valence-electron chi connectivity index (χ3n) is 4.27. The molecule has 1 saturated carbocycles. The summed E-state index contributed by atoms with van der Waals surface area (Å²) in [6.07, 6.45) is 4.46. The lowest BCUT2D eigenvalue weighted by Crippen LogP contribution is -2.44. The summed E-state index contributed by atoms with van der Waals surface area (Å²) in [6, 6.07) is 5.33. The average Bonchev–Trinajstić information content (AvgIpc) is 3.16. The highest BCUT2D eigenvalue weighted by molar-refractivity contribution is 5.94. The lowest BCUT2D eigenvalue weighted by atomic mass is 10.1. The summed E-state index contributed by atoms with van der Waals surface area (Å²) < 4.78 is 10.7. The molecule has 124 valence electrons. The van der Waals surface area contributed by atoms with E-state index < -0.39 is 6.03 Å². The number of nitrogens with zero attached hydrogens (tertiary/aromatic N) is 1. The smallest absolute Gasteiger partial charge is 0.318 e. The SMILES string of the molecule is NC(=O)NC(=O)CN(Cc1ccc2c(c1)OCO2)C1CCCC1. The number of primary amides is 1. The minimum atomic E-state index is -0.815. The lowest BCUT2D eigenvalue weighted by molar-refractivity contribution is -0.121. The van der Waals surface area contributed by atoms with Gasteiger partial charge in [0.1, 0.15) is 0 Å². The van der Waals surface area contributed by atoms with Gasteiger partial charge in [0.15, 0.2) is 11.5 Å². The number of nitrogens with one attached hydrogen (secondary N) is 1. The van der Waals surface area contributed by atoms with Gasteiger partial charge < -0.3 is 15.2 Å². The zero-order valence-electron chi connectivity index (χ0n) is 12.9. The van der Waals surface area contributed by atoms with Crippen LogP contribution in [0.1, 0.15) is 31.2 Å². The van der Waals surface area contributed by atoms with Gasteiger partial charge in [0, 0.05) is 12.6 Å². The highest BCUT2D eigenvalue weighted by atomic mass is 16.7. The Bertz CT molecular complexity index is 599. The third kappa shape index (κ3) is 3.92. The Labute approximate surface area is 134 Å². The van der Waals surface area contributed by atoms with Crippen molar-refractivity contribution in [2.24, 2.45) is 5.73 Å². The highest BCUT2D eigenvalue weighted by Crippen LogP contribution is 2.33. The molecular formula is C16H21N3O4. The predicted molar refractivity (Wildman–Crippen MR) is 83.0 cm³/mol. The van der Waals surface area contributed by atoms with Crippen LogP contribution in [0.5, 0.6) is 11.5 Å². The van der Waals surface area contributed by atoms with E-state index in [1.54, 1.807) is 0 Å². The van der Waals surface area contributed by atoms with Gasteiger partial charge in [-0.2, -0.15) is 0 Å². The van der Waals surface area contributed by atoms with Crippen LogP contribution in [0, 0.1) is 0 Å². The molecule has 0 atom stereocenters. The first-order chi connectivity index (χ1) is 11.1. The number of urea groups is 1. The number of hydrogen-bond acceptors (Lipinski definition) is 5. The molecule has 0 bridgehead atoms. The van der Waals surface area contributed by atoms with E-state index in [4.69, 9.17) is 15.2 Å². The van der Waals surface area contributed by atoms with Gasteiger partial charge in [0.05, 0.1) is 6.54 Å². The van der Waals surface area contributed by atoms with Crippen LogP contribution in [0.4, 0.5) is 4.79 Å². The first-order valence-corrected chi connectivity index (χ1v) is 7.83. The van der Waals surface area contributed by atoms with E-state index in [1.165, 1.54) is 12.8 Å². The number of hydrogen-bond donors (Lipinski definition) is 2. The molecule has 0 unspecified atom stereocenters. The van der Waals surface area contributed by atoms with Crippen LogP contribution in [0.2, 0.25) is 0 Å². The fourth-order valence-corrected chi connectivity index (χ4v) is 3.22. The van der Waals surface area contributed by atoms with Crippen molar-refractivity contribution in [3.63, 3.8) is 0 Å². The Kier molecular flexibility index (Phi) is 4.66. The monoisotopic (exact) mass is 319 g/mol. The number of fused-ring (bicyclic) bond motifs is 1. The zero-order chi connectivity index (χ0) is 16.2. The fraction of sp³-hybridized carbons (Fsp3) is 0.500. The summed E-state index contributed by atoms with van der Waals surface area (Å²) in [5, 5.41) is 2.14. The van der Waals surface area contributed by atoms with Crippen molar-refractivity contribution >= 4 is 11.9 Å². The van der Waals surface area contributed by atoms with Crippen LogP contribution >= 0.6 is 0 Å². The minimum absolute atomic E-state index is 0.155. The van der Waals surface area contributed by atoms with E-state index in [-0.39, 0.29) is 19.2 Å². The van der Waals surface area contributed by atoms with E-state index in [0.29, 0.717) is 12.6 Å². The highest BCUT2D eigenvalue weighted by Gasteiger charge is 2.25. The fourth-order valence-electron chi connectivity index (χ4n) is 3.22. The Balaban J connectivity index is 1.70. The Morgan fingerprint density at radius 2 is 1.96 bits per heavy atom. The maximum Gasteiger partial charge on any atom is 0.318 e. The van der Waals surface area contributed by atoms with Gasteiger partial charge in [-0.1, -0.05) is 18.9 Å². The van der Waals surface area contributed by atoms with Crippen molar-refractivity contribution in [1.29, 1.82) is 0 Å². The summed E-state index contributed by atoms with van der Waals surface area (Å²) in [6.45, 7) is 1.02. The van der Waals surface area contributed by atoms with Crippen LogP contribution in [-0.4, -0.2) is 36.2 Å². The molecule has 7 nitrogen and oxygen atoms in total. The summed E-state index contributed by atoms with van der Waals surface area (Å²) >= 11 is 0. The number of nitrogens with two attached hydrogens (primary N) is 1. The lowest BCUT2D eigenvalue weighted by Gasteiger charge is -2.28. The number of rotatable bonds is 5. The molecule has 1 aromatic carbocycles. The molecule has 0 saturated heterocycles. The van der Waals surface area contributed by atoms with E-state index in [9.17, 15) is 9.59 Å². The van der Waals surface area contributed by atoms with Crippen molar-refractivity contribution in [2.75, 3.05) is 13.3 Å². The molecule has 3 rings (SSSR count). The van der Waals surface area contributed by atoms with Gasteiger partial charge in [-0.05, 0) is 30.5 Å². The first kappa shape index (κ1) is 15.6. The summed E-state index contributed by atoms with van der Waals surface area (Å²) in [4.78, 5) is 24.8.